The van der Waals surface area contributed by atoms with E-state index in [2.05, 4.69) is 5.92 Å². The molecule has 2 N–H and O–H groups in total. The van der Waals surface area contributed by atoms with Gasteiger partial charge in [-0.25, -0.2) is 0 Å². The number of nitrogens with two attached hydrogens (primary N) is 1. The molecule has 1 atom stereocenters. The maximum atomic E-state index is 5.98. The number of thioether (sulfide) groups is 1. The van der Waals surface area contributed by atoms with Crippen molar-refractivity contribution in [2.75, 3.05) is 5.75 Å². The topological polar surface area (TPSA) is 26.0 Å². The van der Waals surface area contributed by atoms with Gasteiger partial charge in [0, 0.05) is 28.1 Å². The molecule has 0 saturated carbocycles. The molecule has 0 radical (unpaired) electrons. The highest BCUT2D eigenvalue weighted by Crippen LogP contribution is 2.21. The van der Waals surface area contributed by atoms with E-state index in [1.54, 1.807) is 11.8 Å². The lowest BCUT2D eigenvalue weighted by atomic mass is 10.1. The van der Waals surface area contributed by atoms with Gasteiger partial charge in [0.1, 0.15) is 0 Å². The number of hydrogen-bond acceptors (Lipinski definition) is 2. The molecule has 1 nitrogen and oxygen atoms in total. The number of hydrogen-bond donors (Lipinski definition) is 1. The molecular weight excluding hydrogens is 238 g/mol. The van der Waals surface area contributed by atoms with Crippen LogP contribution in [0.15, 0.2) is 29.2 Å². The Morgan fingerprint density at radius 1 is 1.38 bits per heavy atom. The highest BCUT2D eigenvalue weighted by atomic mass is 35.5. The van der Waals surface area contributed by atoms with Crippen LogP contribution in [0, 0.1) is 12.3 Å². The molecule has 16 heavy (non-hydrogen) atoms. The zero-order chi connectivity index (χ0) is 11.8. The van der Waals surface area contributed by atoms with Gasteiger partial charge in [0.05, 0.1) is 0 Å². The molecule has 1 aromatic carbocycles. The first-order valence-electron chi connectivity index (χ1n) is 5.30. The summed E-state index contributed by atoms with van der Waals surface area (Å²) in [4.78, 5) is 1.21. The van der Waals surface area contributed by atoms with Crippen LogP contribution < -0.4 is 5.73 Å². The van der Waals surface area contributed by atoms with Crippen molar-refractivity contribution in [3.05, 3.63) is 29.3 Å². The molecule has 86 valence electrons. The maximum absolute atomic E-state index is 5.98. The van der Waals surface area contributed by atoms with Crippen molar-refractivity contribution in [3.8, 4) is 12.3 Å². The highest BCUT2D eigenvalue weighted by Gasteiger charge is 2.03. The lowest BCUT2D eigenvalue weighted by Gasteiger charge is -2.10. The van der Waals surface area contributed by atoms with Crippen LogP contribution in [0.1, 0.15) is 19.3 Å². The summed E-state index contributed by atoms with van der Waals surface area (Å²) in [5, 5.41) is 0.766. The second kappa shape index (κ2) is 7.62. The molecular formula is C13H16ClNS. The van der Waals surface area contributed by atoms with Crippen LogP contribution in [0.2, 0.25) is 5.02 Å². The Balaban J connectivity index is 2.23. The Kier molecular flexibility index (Phi) is 6.40. The van der Waals surface area contributed by atoms with E-state index in [1.807, 2.05) is 24.3 Å². The van der Waals surface area contributed by atoms with Gasteiger partial charge in [-0.05, 0) is 37.1 Å². The fourth-order valence-corrected chi connectivity index (χ4v) is 2.31. The van der Waals surface area contributed by atoms with Crippen molar-refractivity contribution in [1.29, 1.82) is 0 Å². The van der Waals surface area contributed by atoms with Crippen LogP contribution in [-0.2, 0) is 0 Å². The summed E-state index contributed by atoms with van der Waals surface area (Å²) in [5.74, 6) is 3.55. The van der Waals surface area contributed by atoms with Gasteiger partial charge in [0.2, 0.25) is 0 Å². The molecule has 0 spiro atoms. The van der Waals surface area contributed by atoms with Crippen molar-refractivity contribution in [2.45, 2.75) is 30.2 Å². The molecule has 0 aliphatic carbocycles. The zero-order valence-corrected chi connectivity index (χ0v) is 10.7. The Morgan fingerprint density at radius 3 is 2.69 bits per heavy atom. The van der Waals surface area contributed by atoms with Crippen LogP contribution in [0.25, 0.3) is 0 Å². The molecule has 1 aromatic rings. The summed E-state index contributed by atoms with van der Waals surface area (Å²) >= 11 is 7.57. The van der Waals surface area contributed by atoms with E-state index in [4.69, 9.17) is 23.8 Å². The molecule has 0 fully saturated rings. The molecule has 0 aliphatic rings. The molecule has 3 heteroatoms. The number of halogens is 1. The van der Waals surface area contributed by atoms with Crippen molar-refractivity contribution >= 4 is 23.4 Å². The van der Waals surface area contributed by atoms with Crippen LogP contribution >= 0.6 is 23.4 Å². The summed E-state index contributed by atoms with van der Waals surface area (Å²) in [6.45, 7) is 0. The molecule has 0 saturated heterocycles. The number of unbranched alkanes of at least 4 members (excludes halogenated alkanes) is 1. The minimum absolute atomic E-state index is 0.217. The lowest BCUT2D eigenvalue weighted by Crippen LogP contribution is -2.22. The standard InChI is InChI=1S/C13H16ClNS/c1-2-3-4-5-12(15)10-16-13-8-6-11(14)7-9-13/h1,6-9,12H,3-5,10,15H2. The lowest BCUT2D eigenvalue weighted by molar-refractivity contribution is 0.641. The van der Waals surface area contributed by atoms with Crippen molar-refractivity contribution in [3.63, 3.8) is 0 Å². The zero-order valence-electron chi connectivity index (χ0n) is 9.16. The minimum Gasteiger partial charge on any atom is -0.327 e. The highest BCUT2D eigenvalue weighted by molar-refractivity contribution is 7.99. The normalized spacial score (nSPS) is 12.1. The van der Waals surface area contributed by atoms with Gasteiger partial charge in [-0.15, -0.1) is 24.1 Å². The summed E-state index contributed by atoms with van der Waals surface area (Å²) in [6.07, 6.45) is 8.01. The molecule has 0 aliphatic heterocycles. The van der Waals surface area contributed by atoms with Gasteiger partial charge in [-0.1, -0.05) is 11.6 Å². The average Bonchev–Trinajstić information content (AvgIpc) is 2.29. The average molecular weight is 254 g/mol. The molecule has 1 unspecified atom stereocenters. The number of terminal acetylenes is 1. The van der Waals surface area contributed by atoms with Crippen molar-refractivity contribution < 1.29 is 0 Å². The van der Waals surface area contributed by atoms with Gasteiger partial charge in [-0.2, -0.15) is 0 Å². The summed E-state index contributed by atoms with van der Waals surface area (Å²) in [7, 11) is 0. The van der Waals surface area contributed by atoms with Crippen LogP contribution in [0.5, 0.6) is 0 Å². The maximum Gasteiger partial charge on any atom is 0.0406 e. The monoisotopic (exact) mass is 253 g/mol. The summed E-state index contributed by atoms with van der Waals surface area (Å²) in [6, 6.07) is 8.04. The number of benzene rings is 1. The summed E-state index contributed by atoms with van der Waals surface area (Å²) < 4.78 is 0. The SMILES string of the molecule is C#CCCCC(N)CSc1ccc(Cl)cc1. The van der Waals surface area contributed by atoms with Crippen LogP contribution in [-0.4, -0.2) is 11.8 Å². The van der Waals surface area contributed by atoms with E-state index in [0.29, 0.717) is 0 Å². The van der Waals surface area contributed by atoms with E-state index >= 15 is 0 Å². The first-order chi connectivity index (χ1) is 7.72. The van der Waals surface area contributed by atoms with Crippen molar-refractivity contribution in [2.24, 2.45) is 5.73 Å². The molecule has 0 aromatic heterocycles. The fraction of sp³-hybridized carbons (Fsp3) is 0.385. The van der Waals surface area contributed by atoms with Crippen LogP contribution in [0.4, 0.5) is 0 Å². The van der Waals surface area contributed by atoms with E-state index in [1.165, 1.54) is 4.90 Å². The third-order valence-electron chi connectivity index (χ3n) is 2.17. The fourth-order valence-electron chi connectivity index (χ4n) is 1.28. The Hall–Kier alpha value is -0.620. The van der Waals surface area contributed by atoms with Crippen LogP contribution in [0.3, 0.4) is 0 Å². The minimum atomic E-state index is 0.217. The Morgan fingerprint density at radius 2 is 2.06 bits per heavy atom. The first kappa shape index (κ1) is 13.4. The quantitative estimate of drug-likeness (QED) is 0.477. The van der Waals surface area contributed by atoms with E-state index in [0.717, 1.165) is 30.0 Å². The largest absolute Gasteiger partial charge is 0.327 e. The smallest absolute Gasteiger partial charge is 0.0406 e. The number of rotatable bonds is 6. The molecule has 0 amide bonds. The van der Waals surface area contributed by atoms with Gasteiger partial charge < -0.3 is 5.73 Å². The Labute approximate surface area is 107 Å². The van der Waals surface area contributed by atoms with Gasteiger partial charge >= 0.3 is 0 Å². The third-order valence-corrected chi connectivity index (χ3v) is 3.63. The Bertz CT molecular complexity index is 342. The third kappa shape index (κ3) is 5.46. The predicted molar refractivity (Wildman–Crippen MR) is 72.8 cm³/mol. The van der Waals surface area contributed by atoms with E-state index < -0.39 is 0 Å². The van der Waals surface area contributed by atoms with E-state index in [9.17, 15) is 0 Å². The van der Waals surface area contributed by atoms with Gasteiger partial charge in [0.25, 0.3) is 0 Å². The molecule has 1 rings (SSSR count). The first-order valence-corrected chi connectivity index (χ1v) is 6.66. The second-order valence-corrected chi connectivity index (χ2v) is 5.15. The molecule has 0 heterocycles. The second-order valence-electron chi connectivity index (χ2n) is 3.62. The van der Waals surface area contributed by atoms with E-state index in [-0.39, 0.29) is 6.04 Å². The van der Waals surface area contributed by atoms with Crippen molar-refractivity contribution in [1.82, 2.24) is 0 Å². The summed E-state index contributed by atoms with van der Waals surface area (Å²) in [5.41, 5.74) is 5.98. The predicted octanol–water partition coefficient (Wildman–Crippen LogP) is 3.56. The molecule has 0 bridgehead atoms. The van der Waals surface area contributed by atoms with Gasteiger partial charge in [0.15, 0.2) is 0 Å². The van der Waals surface area contributed by atoms with Gasteiger partial charge in [-0.3, -0.25) is 0 Å².